The Bertz CT molecular complexity index is 1150. The first kappa shape index (κ1) is 25.8. The maximum atomic E-state index is 13.0. The zero-order chi connectivity index (χ0) is 25.7. The van der Waals surface area contributed by atoms with Gasteiger partial charge in [0.25, 0.3) is 0 Å². The van der Waals surface area contributed by atoms with E-state index in [1.54, 1.807) is 6.07 Å². The van der Waals surface area contributed by atoms with Gasteiger partial charge in [-0.3, -0.25) is 9.69 Å². The van der Waals surface area contributed by atoms with Crippen molar-refractivity contribution < 1.29 is 22.4 Å². The zero-order valence-corrected chi connectivity index (χ0v) is 20.5. The topological polar surface area (TPSA) is 61.6 Å². The van der Waals surface area contributed by atoms with Gasteiger partial charge in [-0.1, -0.05) is 50.2 Å². The van der Waals surface area contributed by atoms with Crippen LogP contribution < -0.4 is 10.2 Å². The number of carbonyl (C=O) groups is 1. The molecule has 1 fully saturated rings. The molecule has 0 bridgehead atoms. The number of aromatic nitrogens is 1. The van der Waals surface area contributed by atoms with Crippen molar-refractivity contribution in [2.24, 2.45) is 5.92 Å². The van der Waals surface area contributed by atoms with Crippen molar-refractivity contribution in [3.05, 3.63) is 71.8 Å². The summed E-state index contributed by atoms with van der Waals surface area (Å²) in [7, 11) is 0. The first-order valence-corrected chi connectivity index (χ1v) is 12.1. The number of oxazole rings is 1. The molecule has 36 heavy (non-hydrogen) atoms. The Labute approximate surface area is 209 Å². The number of amides is 1. The second-order valence-corrected chi connectivity index (χ2v) is 9.43. The van der Waals surface area contributed by atoms with Crippen molar-refractivity contribution in [1.82, 2.24) is 15.2 Å². The highest BCUT2D eigenvalue weighted by atomic mass is 19.4. The lowest BCUT2D eigenvalue weighted by Crippen LogP contribution is -2.49. The fourth-order valence-electron chi connectivity index (χ4n) is 4.28. The highest BCUT2D eigenvalue weighted by Crippen LogP contribution is 2.32. The normalized spacial score (nSPS) is 14.9. The number of alkyl halides is 3. The molecule has 1 amide bonds. The third-order valence-electron chi connectivity index (χ3n) is 6.10. The summed E-state index contributed by atoms with van der Waals surface area (Å²) >= 11 is 0. The molecule has 0 unspecified atom stereocenters. The number of nitrogens with one attached hydrogen (secondary N) is 1. The van der Waals surface area contributed by atoms with E-state index in [0.29, 0.717) is 43.7 Å². The van der Waals surface area contributed by atoms with Crippen LogP contribution in [0.1, 0.15) is 31.1 Å². The van der Waals surface area contributed by atoms with Crippen molar-refractivity contribution in [2.45, 2.75) is 33.0 Å². The molecule has 1 N–H and O–H groups in total. The molecule has 1 aliphatic rings. The molecule has 1 saturated heterocycles. The van der Waals surface area contributed by atoms with E-state index in [1.807, 2.05) is 40.1 Å². The average molecular weight is 501 g/mol. The molecule has 0 spiro atoms. The van der Waals surface area contributed by atoms with Crippen LogP contribution in [0.5, 0.6) is 0 Å². The van der Waals surface area contributed by atoms with E-state index in [-0.39, 0.29) is 19.0 Å². The van der Waals surface area contributed by atoms with Crippen LogP contribution in [0.4, 0.5) is 18.9 Å². The summed E-state index contributed by atoms with van der Waals surface area (Å²) < 4.78 is 45.0. The molecule has 0 aliphatic carbocycles. The molecule has 192 valence electrons. The predicted molar refractivity (Wildman–Crippen MR) is 132 cm³/mol. The number of rotatable bonds is 8. The molecule has 2 heterocycles. The Hall–Kier alpha value is -3.33. The van der Waals surface area contributed by atoms with Gasteiger partial charge in [-0.2, -0.15) is 13.2 Å². The fraction of sp³-hybridized carbons (Fsp3) is 0.407. The second kappa shape index (κ2) is 11.2. The van der Waals surface area contributed by atoms with Crippen molar-refractivity contribution in [3.8, 4) is 11.3 Å². The summed E-state index contributed by atoms with van der Waals surface area (Å²) in [6, 6.07) is 15.2. The van der Waals surface area contributed by atoms with Gasteiger partial charge in [0.1, 0.15) is 11.5 Å². The van der Waals surface area contributed by atoms with Gasteiger partial charge in [-0.15, -0.1) is 0 Å². The van der Waals surface area contributed by atoms with Gasteiger partial charge in [-0.05, 0) is 24.1 Å². The molecule has 2 aromatic carbocycles. The van der Waals surface area contributed by atoms with E-state index in [9.17, 15) is 18.0 Å². The van der Waals surface area contributed by atoms with Gasteiger partial charge < -0.3 is 14.6 Å². The minimum Gasteiger partial charge on any atom is -0.443 e. The Balaban J connectivity index is 1.29. The number of benzene rings is 2. The number of anilines is 1. The number of nitrogens with zero attached hydrogens (tertiary/aromatic N) is 3. The molecule has 3 aromatic rings. The Morgan fingerprint density at radius 2 is 1.78 bits per heavy atom. The lowest BCUT2D eigenvalue weighted by molar-refractivity contribution is -0.137. The lowest BCUT2D eigenvalue weighted by Gasteiger charge is -2.35. The molecule has 1 aromatic heterocycles. The van der Waals surface area contributed by atoms with Gasteiger partial charge in [0.2, 0.25) is 11.8 Å². The Morgan fingerprint density at radius 1 is 1.06 bits per heavy atom. The highest BCUT2D eigenvalue weighted by Gasteiger charge is 2.31. The van der Waals surface area contributed by atoms with Crippen LogP contribution in [-0.2, 0) is 23.9 Å². The molecule has 4 rings (SSSR count). The minimum absolute atomic E-state index is 0.146. The number of hydrogen-bond acceptors (Lipinski definition) is 5. The monoisotopic (exact) mass is 500 g/mol. The van der Waals surface area contributed by atoms with Crippen LogP contribution in [0.25, 0.3) is 11.3 Å². The summed E-state index contributed by atoms with van der Waals surface area (Å²) in [4.78, 5) is 21.1. The average Bonchev–Trinajstić information content (AvgIpc) is 3.25. The minimum atomic E-state index is -4.36. The maximum absolute atomic E-state index is 13.0. The van der Waals surface area contributed by atoms with E-state index in [4.69, 9.17) is 4.42 Å². The summed E-state index contributed by atoms with van der Waals surface area (Å²) in [5.41, 5.74) is 1.68. The van der Waals surface area contributed by atoms with E-state index >= 15 is 0 Å². The summed E-state index contributed by atoms with van der Waals surface area (Å²) in [6.07, 6.45) is -3.61. The van der Waals surface area contributed by atoms with Gasteiger partial charge in [0.15, 0.2) is 0 Å². The lowest BCUT2D eigenvalue weighted by atomic mass is 10.0. The van der Waals surface area contributed by atoms with E-state index in [2.05, 4.69) is 24.1 Å². The Morgan fingerprint density at radius 3 is 2.44 bits per heavy atom. The molecule has 1 aliphatic heterocycles. The van der Waals surface area contributed by atoms with Gasteiger partial charge in [0, 0.05) is 43.9 Å². The first-order valence-electron chi connectivity index (χ1n) is 12.1. The zero-order valence-electron chi connectivity index (χ0n) is 20.5. The molecule has 6 nitrogen and oxygen atoms in total. The SMILES string of the molecule is CC(C)Cc1oc(CNC(=O)CN2CCN(c3cccc(C(F)(F)F)c3)CC2)nc1-c1ccccc1. The van der Waals surface area contributed by atoms with Gasteiger partial charge >= 0.3 is 6.18 Å². The smallest absolute Gasteiger partial charge is 0.416 e. The van der Waals surface area contributed by atoms with Gasteiger partial charge in [-0.25, -0.2) is 4.98 Å². The fourth-order valence-corrected chi connectivity index (χ4v) is 4.28. The van der Waals surface area contributed by atoms with Crippen molar-refractivity contribution in [1.29, 1.82) is 0 Å². The van der Waals surface area contributed by atoms with Crippen molar-refractivity contribution >= 4 is 11.6 Å². The van der Waals surface area contributed by atoms with Crippen LogP contribution in [-0.4, -0.2) is 48.5 Å². The molecular formula is C27H31F3N4O2. The third-order valence-corrected chi connectivity index (χ3v) is 6.10. The standard InChI is InChI=1S/C27H31F3N4O2/c1-19(2)15-23-26(20-7-4-3-5-8-20)32-25(36-23)17-31-24(35)18-33-11-13-34(14-12-33)22-10-6-9-21(16-22)27(28,29)30/h3-10,16,19H,11-15,17-18H2,1-2H3,(H,31,35). The molecule has 0 saturated carbocycles. The van der Waals surface area contributed by atoms with Gasteiger partial charge in [0.05, 0.1) is 18.7 Å². The van der Waals surface area contributed by atoms with E-state index < -0.39 is 11.7 Å². The van der Waals surface area contributed by atoms with Crippen LogP contribution >= 0.6 is 0 Å². The van der Waals surface area contributed by atoms with Crippen LogP contribution in [0.2, 0.25) is 0 Å². The summed E-state index contributed by atoms with van der Waals surface area (Å²) in [5.74, 6) is 1.53. The van der Waals surface area contributed by atoms with Crippen LogP contribution in [0.15, 0.2) is 59.0 Å². The largest absolute Gasteiger partial charge is 0.443 e. The molecule has 9 heteroatoms. The molecular weight excluding hydrogens is 469 g/mol. The van der Waals surface area contributed by atoms with E-state index in [1.165, 1.54) is 12.1 Å². The number of piperazine rings is 1. The van der Waals surface area contributed by atoms with Crippen molar-refractivity contribution in [3.63, 3.8) is 0 Å². The van der Waals surface area contributed by atoms with Crippen LogP contribution in [0.3, 0.4) is 0 Å². The number of hydrogen-bond donors (Lipinski definition) is 1. The first-order chi connectivity index (χ1) is 17.2. The Kier molecular flexibility index (Phi) is 7.98. The van der Waals surface area contributed by atoms with E-state index in [0.717, 1.165) is 29.5 Å². The molecule has 0 atom stereocenters. The number of halogens is 3. The maximum Gasteiger partial charge on any atom is 0.416 e. The van der Waals surface area contributed by atoms with Crippen molar-refractivity contribution in [2.75, 3.05) is 37.6 Å². The number of carbonyl (C=O) groups excluding carboxylic acids is 1. The van der Waals surface area contributed by atoms with Crippen LogP contribution in [0, 0.1) is 5.92 Å². The molecule has 0 radical (unpaired) electrons. The second-order valence-electron chi connectivity index (χ2n) is 9.43. The highest BCUT2D eigenvalue weighted by molar-refractivity contribution is 5.78. The predicted octanol–water partition coefficient (Wildman–Crippen LogP) is 5.00. The third kappa shape index (κ3) is 6.66. The summed E-state index contributed by atoms with van der Waals surface area (Å²) in [5, 5.41) is 2.88. The summed E-state index contributed by atoms with van der Waals surface area (Å²) in [6.45, 7) is 6.90. The quantitative estimate of drug-likeness (QED) is 0.472.